The number of sulfone groups is 1. The fraction of sp³-hybridized carbons (Fsp3) is 0.500. The standard InChI is InChI=1S/C18H25FN4O2S.HI/c1-2-20-18(23-10-13-6-8-26(24,25)12-13)21-7-5-14-11-22-17-4-3-15(19)9-16(14)17;/h3-4,9,11,13,22H,2,5-8,10,12H2,1H3,(H2,20,21,23);1H. The molecule has 2 heterocycles. The minimum atomic E-state index is -2.87. The first-order valence-corrected chi connectivity index (χ1v) is 10.8. The molecule has 27 heavy (non-hydrogen) atoms. The zero-order valence-corrected chi connectivity index (χ0v) is 18.4. The fourth-order valence-electron chi connectivity index (χ4n) is 3.25. The van der Waals surface area contributed by atoms with E-state index >= 15 is 0 Å². The Morgan fingerprint density at radius 1 is 1.37 bits per heavy atom. The molecule has 0 spiro atoms. The van der Waals surface area contributed by atoms with Crippen LogP contribution in [-0.2, 0) is 16.3 Å². The van der Waals surface area contributed by atoms with Gasteiger partial charge >= 0.3 is 0 Å². The maximum Gasteiger partial charge on any atom is 0.191 e. The van der Waals surface area contributed by atoms with Crippen molar-refractivity contribution in [2.45, 2.75) is 19.8 Å². The van der Waals surface area contributed by atoms with Crippen molar-refractivity contribution >= 4 is 50.7 Å². The van der Waals surface area contributed by atoms with E-state index in [1.165, 1.54) is 6.07 Å². The summed E-state index contributed by atoms with van der Waals surface area (Å²) in [4.78, 5) is 7.67. The van der Waals surface area contributed by atoms with Crippen LogP contribution in [0.15, 0.2) is 29.4 Å². The van der Waals surface area contributed by atoms with Gasteiger partial charge in [0.1, 0.15) is 5.82 Å². The quantitative estimate of drug-likeness (QED) is 0.318. The predicted octanol–water partition coefficient (Wildman–Crippen LogP) is 2.46. The summed E-state index contributed by atoms with van der Waals surface area (Å²) in [6.45, 7) is 3.87. The normalized spacial score (nSPS) is 19.0. The number of fused-ring (bicyclic) bond motifs is 1. The first-order valence-electron chi connectivity index (χ1n) is 8.95. The Morgan fingerprint density at radius 3 is 2.89 bits per heavy atom. The molecule has 9 heteroatoms. The molecule has 1 aromatic carbocycles. The van der Waals surface area contributed by atoms with Crippen LogP contribution in [0.5, 0.6) is 0 Å². The van der Waals surface area contributed by atoms with Crippen molar-refractivity contribution in [2.24, 2.45) is 10.9 Å². The summed E-state index contributed by atoms with van der Waals surface area (Å²) in [5.74, 6) is 1.05. The number of aromatic amines is 1. The molecule has 0 amide bonds. The number of hydrogen-bond donors (Lipinski definition) is 3. The summed E-state index contributed by atoms with van der Waals surface area (Å²) >= 11 is 0. The first kappa shape index (κ1) is 21.9. The SMILES string of the molecule is CCNC(=NCC1CCS(=O)(=O)C1)NCCc1c[nH]c2ccc(F)cc12.I. The highest BCUT2D eigenvalue weighted by molar-refractivity contribution is 14.0. The van der Waals surface area contributed by atoms with Gasteiger partial charge in [0, 0.05) is 36.7 Å². The van der Waals surface area contributed by atoms with Gasteiger partial charge < -0.3 is 15.6 Å². The van der Waals surface area contributed by atoms with Crippen molar-refractivity contribution in [2.75, 3.05) is 31.1 Å². The van der Waals surface area contributed by atoms with E-state index in [9.17, 15) is 12.8 Å². The van der Waals surface area contributed by atoms with Crippen LogP contribution in [-0.4, -0.2) is 50.5 Å². The third kappa shape index (κ3) is 6.06. The Kier molecular flexibility index (Phi) is 7.90. The number of hydrogen-bond acceptors (Lipinski definition) is 3. The molecule has 1 atom stereocenters. The van der Waals surface area contributed by atoms with Gasteiger partial charge in [0.25, 0.3) is 0 Å². The van der Waals surface area contributed by atoms with Crippen molar-refractivity contribution in [3.63, 3.8) is 0 Å². The van der Waals surface area contributed by atoms with Gasteiger partial charge in [-0.25, -0.2) is 12.8 Å². The zero-order valence-electron chi connectivity index (χ0n) is 15.3. The first-order chi connectivity index (χ1) is 12.5. The topological polar surface area (TPSA) is 86.3 Å². The molecule has 1 aromatic heterocycles. The van der Waals surface area contributed by atoms with Crippen LogP contribution in [0.1, 0.15) is 18.9 Å². The van der Waals surface area contributed by atoms with Gasteiger partial charge in [0.05, 0.1) is 11.5 Å². The third-order valence-electron chi connectivity index (χ3n) is 4.59. The summed E-state index contributed by atoms with van der Waals surface area (Å²) in [6.07, 6.45) is 3.32. The molecule has 6 nitrogen and oxygen atoms in total. The lowest BCUT2D eigenvalue weighted by atomic mass is 10.1. The molecule has 1 saturated heterocycles. The van der Waals surface area contributed by atoms with E-state index in [0.717, 1.165) is 29.4 Å². The summed E-state index contributed by atoms with van der Waals surface area (Å²) in [6, 6.07) is 4.73. The van der Waals surface area contributed by atoms with Crippen molar-refractivity contribution < 1.29 is 12.8 Å². The largest absolute Gasteiger partial charge is 0.361 e. The molecule has 0 radical (unpaired) electrons. The highest BCUT2D eigenvalue weighted by Gasteiger charge is 2.27. The maximum atomic E-state index is 13.4. The van der Waals surface area contributed by atoms with E-state index in [-0.39, 0.29) is 47.2 Å². The lowest BCUT2D eigenvalue weighted by Gasteiger charge is -2.12. The number of guanidine groups is 1. The lowest BCUT2D eigenvalue weighted by Crippen LogP contribution is -2.38. The molecule has 1 fully saturated rings. The van der Waals surface area contributed by atoms with Crippen LogP contribution in [0.4, 0.5) is 4.39 Å². The van der Waals surface area contributed by atoms with Crippen LogP contribution in [0.3, 0.4) is 0 Å². The Hall–Kier alpha value is -1.36. The number of halogens is 2. The van der Waals surface area contributed by atoms with Gasteiger partial charge in [-0.1, -0.05) is 0 Å². The van der Waals surface area contributed by atoms with Crippen LogP contribution in [0.2, 0.25) is 0 Å². The Morgan fingerprint density at radius 2 is 2.19 bits per heavy atom. The lowest BCUT2D eigenvalue weighted by molar-refractivity contribution is 0.589. The van der Waals surface area contributed by atoms with E-state index in [2.05, 4.69) is 20.6 Å². The molecule has 0 bridgehead atoms. The van der Waals surface area contributed by atoms with Gasteiger partial charge in [0.2, 0.25) is 0 Å². The Bertz CT molecular complexity index is 898. The molecular weight excluding hydrogens is 482 g/mol. The second-order valence-corrected chi connectivity index (χ2v) is 8.90. The van der Waals surface area contributed by atoms with Crippen LogP contribution in [0, 0.1) is 11.7 Å². The monoisotopic (exact) mass is 508 g/mol. The molecule has 1 aliphatic heterocycles. The van der Waals surface area contributed by atoms with E-state index < -0.39 is 9.84 Å². The van der Waals surface area contributed by atoms with Gasteiger partial charge in [-0.15, -0.1) is 24.0 Å². The van der Waals surface area contributed by atoms with E-state index in [0.29, 0.717) is 25.5 Å². The van der Waals surface area contributed by atoms with Crippen molar-refractivity contribution in [1.29, 1.82) is 0 Å². The van der Waals surface area contributed by atoms with Crippen LogP contribution >= 0.6 is 24.0 Å². The minimum absolute atomic E-state index is 0. The molecule has 1 aliphatic rings. The number of aliphatic imine (C=N–C) groups is 1. The van der Waals surface area contributed by atoms with Crippen molar-refractivity contribution in [3.05, 3.63) is 35.8 Å². The van der Waals surface area contributed by atoms with Gasteiger partial charge in [-0.2, -0.15) is 0 Å². The molecule has 150 valence electrons. The number of H-pyrrole nitrogens is 1. The molecule has 0 aliphatic carbocycles. The molecule has 3 rings (SSSR count). The van der Waals surface area contributed by atoms with E-state index in [1.54, 1.807) is 12.1 Å². The Balaban J connectivity index is 0.00000261. The van der Waals surface area contributed by atoms with Crippen LogP contribution < -0.4 is 10.6 Å². The second-order valence-electron chi connectivity index (χ2n) is 6.67. The average molecular weight is 508 g/mol. The molecule has 1 unspecified atom stereocenters. The van der Waals surface area contributed by atoms with Gasteiger partial charge in [-0.05, 0) is 49.4 Å². The van der Waals surface area contributed by atoms with E-state index in [4.69, 9.17) is 0 Å². The van der Waals surface area contributed by atoms with Crippen LogP contribution in [0.25, 0.3) is 10.9 Å². The van der Waals surface area contributed by atoms with E-state index in [1.807, 2.05) is 13.1 Å². The smallest absolute Gasteiger partial charge is 0.191 e. The minimum Gasteiger partial charge on any atom is -0.361 e. The Labute approximate surface area is 176 Å². The number of nitrogens with one attached hydrogen (secondary N) is 3. The summed E-state index contributed by atoms with van der Waals surface area (Å²) < 4.78 is 36.5. The molecule has 2 aromatic rings. The van der Waals surface area contributed by atoms with Gasteiger partial charge in [0.15, 0.2) is 15.8 Å². The highest BCUT2D eigenvalue weighted by Crippen LogP contribution is 2.20. The average Bonchev–Trinajstić information content (AvgIpc) is 3.15. The summed E-state index contributed by atoms with van der Waals surface area (Å²) in [7, 11) is -2.87. The zero-order chi connectivity index (χ0) is 18.6. The molecule has 0 saturated carbocycles. The van der Waals surface area contributed by atoms with Gasteiger partial charge in [-0.3, -0.25) is 4.99 Å². The maximum absolute atomic E-state index is 13.4. The molecule has 3 N–H and O–H groups in total. The number of aromatic nitrogens is 1. The van der Waals surface area contributed by atoms with Crippen molar-refractivity contribution in [1.82, 2.24) is 15.6 Å². The number of rotatable bonds is 6. The number of benzene rings is 1. The summed E-state index contributed by atoms with van der Waals surface area (Å²) in [5.41, 5.74) is 1.97. The molecular formula is C18H26FIN4O2S. The fourth-order valence-corrected chi connectivity index (χ4v) is 5.10. The number of nitrogens with zero attached hydrogens (tertiary/aromatic N) is 1. The third-order valence-corrected chi connectivity index (χ3v) is 6.43. The highest BCUT2D eigenvalue weighted by atomic mass is 127. The summed E-state index contributed by atoms with van der Waals surface area (Å²) in [5, 5.41) is 7.33. The van der Waals surface area contributed by atoms with Crippen molar-refractivity contribution in [3.8, 4) is 0 Å². The predicted molar refractivity (Wildman–Crippen MR) is 118 cm³/mol. The second kappa shape index (κ2) is 9.72.